The SMILES string of the molecule is O=C(O)c1cc2nc(-c3ccc(Oc4ccccc4)cc3)cc(-c3cccc(OCc4ccccc4)c3)n2n1. The van der Waals surface area contributed by atoms with Gasteiger partial charge in [-0.25, -0.2) is 14.3 Å². The van der Waals surface area contributed by atoms with Gasteiger partial charge in [0.05, 0.1) is 11.4 Å². The topological polar surface area (TPSA) is 86.0 Å². The third kappa shape index (κ3) is 5.33. The molecule has 0 saturated carbocycles. The average Bonchev–Trinajstić information content (AvgIpc) is 3.42. The molecule has 6 rings (SSSR count). The number of aromatic nitrogens is 3. The second kappa shape index (κ2) is 10.5. The van der Waals surface area contributed by atoms with Crippen LogP contribution in [-0.2, 0) is 6.61 Å². The van der Waals surface area contributed by atoms with Crippen molar-refractivity contribution in [3.63, 3.8) is 0 Å². The van der Waals surface area contributed by atoms with Crippen molar-refractivity contribution < 1.29 is 19.4 Å². The highest BCUT2D eigenvalue weighted by molar-refractivity contribution is 5.87. The quantitative estimate of drug-likeness (QED) is 0.233. The number of carboxylic acids is 1. The zero-order valence-electron chi connectivity index (χ0n) is 20.8. The van der Waals surface area contributed by atoms with Crippen LogP contribution in [0.15, 0.2) is 121 Å². The summed E-state index contributed by atoms with van der Waals surface area (Å²) in [6, 6.07) is 38.1. The van der Waals surface area contributed by atoms with Gasteiger partial charge in [-0.2, -0.15) is 5.10 Å². The number of carbonyl (C=O) groups is 1. The third-order valence-corrected chi connectivity index (χ3v) is 6.15. The molecule has 2 aromatic heterocycles. The summed E-state index contributed by atoms with van der Waals surface area (Å²) in [5.74, 6) is 1.03. The molecule has 39 heavy (non-hydrogen) atoms. The van der Waals surface area contributed by atoms with E-state index in [0.29, 0.717) is 35.1 Å². The van der Waals surface area contributed by atoms with Crippen LogP contribution in [0, 0.1) is 0 Å². The van der Waals surface area contributed by atoms with Crippen LogP contribution in [0.5, 0.6) is 17.2 Å². The van der Waals surface area contributed by atoms with Crippen LogP contribution in [0.2, 0.25) is 0 Å². The number of hydrogen-bond acceptors (Lipinski definition) is 5. The van der Waals surface area contributed by atoms with Crippen molar-refractivity contribution in [2.45, 2.75) is 6.61 Å². The first-order chi connectivity index (χ1) is 19.1. The van der Waals surface area contributed by atoms with Crippen molar-refractivity contribution in [1.29, 1.82) is 0 Å². The number of benzene rings is 4. The van der Waals surface area contributed by atoms with E-state index in [0.717, 1.165) is 22.4 Å². The molecule has 7 heteroatoms. The standard InChI is InChI=1S/C32H23N3O4/c36-32(37)29-20-31-33-28(23-14-16-26(17-15-23)39-25-11-5-2-6-12-25)19-30(35(31)34-29)24-10-7-13-27(18-24)38-21-22-8-3-1-4-9-22/h1-20H,21H2,(H,36,37). The molecule has 7 nitrogen and oxygen atoms in total. The zero-order chi connectivity index (χ0) is 26.6. The van der Waals surface area contributed by atoms with Crippen LogP contribution >= 0.6 is 0 Å². The third-order valence-electron chi connectivity index (χ3n) is 6.15. The van der Waals surface area contributed by atoms with Gasteiger partial charge in [0.2, 0.25) is 0 Å². The van der Waals surface area contributed by atoms with Gasteiger partial charge in [0.25, 0.3) is 0 Å². The summed E-state index contributed by atoms with van der Waals surface area (Å²) in [6.07, 6.45) is 0. The molecule has 0 aliphatic heterocycles. The lowest BCUT2D eigenvalue weighted by atomic mass is 10.1. The Hall–Kier alpha value is -5.43. The molecule has 0 atom stereocenters. The largest absolute Gasteiger partial charge is 0.489 e. The van der Waals surface area contributed by atoms with E-state index in [4.69, 9.17) is 14.5 Å². The van der Waals surface area contributed by atoms with Crippen LogP contribution < -0.4 is 9.47 Å². The van der Waals surface area contributed by atoms with Crippen LogP contribution in [-0.4, -0.2) is 25.7 Å². The summed E-state index contributed by atoms with van der Waals surface area (Å²) >= 11 is 0. The van der Waals surface area contributed by atoms with Gasteiger partial charge in [0.15, 0.2) is 11.3 Å². The Bertz CT molecular complexity index is 1750. The minimum atomic E-state index is -1.12. The normalized spacial score (nSPS) is 10.9. The second-order valence-electron chi connectivity index (χ2n) is 8.87. The van der Waals surface area contributed by atoms with Crippen molar-refractivity contribution in [3.8, 4) is 39.8 Å². The summed E-state index contributed by atoms with van der Waals surface area (Å²) in [5.41, 5.74) is 4.46. The highest BCUT2D eigenvalue weighted by Gasteiger charge is 2.16. The number of nitrogens with zero attached hydrogens (tertiary/aromatic N) is 3. The van der Waals surface area contributed by atoms with E-state index in [-0.39, 0.29) is 5.69 Å². The van der Waals surface area contributed by atoms with E-state index >= 15 is 0 Å². The van der Waals surface area contributed by atoms with Crippen LogP contribution in [0.1, 0.15) is 16.1 Å². The number of aromatic carboxylic acids is 1. The Labute approximate surface area is 224 Å². The predicted octanol–water partition coefficient (Wildman–Crippen LogP) is 7.13. The number of carboxylic acid groups (broad SMARTS) is 1. The first-order valence-corrected chi connectivity index (χ1v) is 12.4. The van der Waals surface area contributed by atoms with E-state index in [1.54, 1.807) is 4.52 Å². The monoisotopic (exact) mass is 513 g/mol. The smallest absolute Gasteiger partial charge is 0.356 e. The fourth-order valence-corrected chi connectivity index (χ4v) is 4.24. The second-order valence-corrected chi connectivity index (χ2v) is 8.87. The highest BCUT2D eigenvalue weighted by atomic mass is 16.5. The molecule has 190 valence electrons. The van der Waals surface area contributed by atoms with E-state index < -0.39 is 5.97 Å². The highest BCUT2D eigenvalue weighted by Crippen LogP contribution is 2.30. The van der Waals surface area contributed by atoms with Crippen molar-refractivity contribution in [1.82, 2.24) is 14.6 Å². The van der Waals surface area contributed by atoms with Crippen LogP contribution in [0.25, 0.3) is 28.2 Å². The maximum Gasteiger partial charge on any atom is 0.356 e. The summed E-state index contributed by atoms with van der Waals surface area (Å²) in [7, 11) is 0. The van der Waals surface area contributed by atoms with Crippen molar-refractivity contribution in [3.05, 3.63) is 133 Å². The molecule has 0 amide bonds. The Balaban J connectivity index is 1.36. The Morgan fingerprint density at radius 1 is 0.718 bits per heavy atom. The van der Waals surface area contributed by atoms with Gasteiger partial charge < -0.3 is 14.6 Å². The summed E-state index contributed by atoms with van der Waals surface area (Å²) < 4.78 is 13.5. The fourth-order valence-electron chi connectivity index (χ4n) is 4.24. The molecule has 4 aromatic carbocycles. The van der Waals surface area contributed by atoms with Gasteiger partial charge in [-0.1, -0.05) is 60.7 Å². The van der Waals surface area contributed by atoms with E-state index in [1.807, 2.05) is 115 Å². The van der Waals surface area contributed by atoms with Gasteiger partial charge >= 0.3 is 5.97 Å². The average molecular weight is 514 g/mol. The zero-order valence-corrected chi connectivity index (χ0v) is 20.8. The van der Waals surface area contributed by atoms with Gasteiger partial charge in [0.1, 0.15) is 23.9 Å². The number of ether oxygens (including phenoxy) is 2. The molecule has 0 fully saturated rings. The molecule has 0 aliphatic carbocycles. The summed E-state index contributed by atoms with van der Waals surface area (Å²) in [5, 5.41) is 13.9. The molecule has 0 saturated heterocycles. The van der Waals surface area contributed by atoms with Crippen molar-refractivity contribution in [2.24, 2.45) is 0 Å². The first-order valence-electron chi connectivity index (χ1n) is 12.4. The fraction of sp³-hybridized carbons (Fsp3) is 0.0312. The number of rotatable bonds is 8. The molecule has 1 N–H and O–H groups in total. The molecule has 0 radical (unpaired) electrons. The molecular formula is C32H23N3O4. The molecule has 0 aliphatic rings. The summed E-state index contributed by atoms with van der Waals surface area (Å²) in [6.45, 7) is 0.434. The lowest BCUT2D eigenvalue weighted by Gasteiger charge is -2.12. The molecule has 6 aromatic rings. The number of fused-ring (bicyclic) bond motifs is 1. The van der Waals surface area contributed by atoms with E-state index in [1.165, 1.54) is 6.07 Å². The van der Waals surface area contributed by atoms with Gasteiger partial charge in [-0.05, 0) is 60.2 Å². The first kappa shape index (κ1) is 23.9. The van der Waals surface area contributed by atoms with E-state index in [9.17, 15) is 9.90 Å². The van der Waals surface area contributed by atoms with Gasteiger partial charge in [0, 0.05) is 17.2 Å². The predicted molar refractivity (Wildman–Crippen MR) is 148 cm³/mol. The molecule has 0 spiro atoms. The van der Waals surface area contributed by atoms with Crippen LogP contribution in [0.4, 0.5) is 0 Å². The van der Waals surface area contributed by atoms with Gasteiger partial charge in [-0.3, -0.25) is 0 Å². The van der Waals surface area contributed by atoms with Crippen LogP contribution in [0.3, 0.4) is 0 Å². The molecule has 0 bridgehead atoms. The molecular weight excluding hydrogens is 490 g/mol. The number of para-hydroxylation sites is 1. The van der Waals surface area contributed by atoms with Crippen molar-refractivity contribution in [2.75, 3.05) is 0 Å². The van der Waals surface area contributed by atoms with Crippen molar-refractivity contribution >= 4 is 11.6 Å². The van der Waals surface area contributed by atoms with Gasteiger partial charge in [-0.15, -0.1) is 0 Å². The lowest BCUT2D eigenvalue weighted by molar-refractivity contribution is 0.0690. The maximum absolute atomic E-state index is 11.7. The Kier molecular flexibility index (Phi) is 6.45. The number of hydrogen-bond donors (Lipinski definition) is 1. The minimum Gasteiger partial charge on any atom is -0.489 e. The lowest BCUT2D eigenvalue weighted by Crippen LogP contribution is -2.01. The summed E-state index contributed by atoms with van der Waals surface area (Å²) in [4.78, 5) is 16.4. The molecule has 2 heterocycles. The molecule has 0 unspecified atom stereocenters. The Morgan fingerprint density at radius 3 is 2.15 bits per heavy atom. The van der Waals surface area contributed by atoms with E-state index in [2.05, 4.69) is 5.10 Å². The minimum absolute atomic E-state index is 0.0796. The Morgan fingerprint density at radius 2 is 1.41 bits per heavy atom. The maximum atomic E-state index is 11.7.